The lowest BCUT2D eigenvalue weighted by molar-refractivity contribution is 0.414. The first-order valence-corrected chi connectivity index (χ1v) is 9.54. The van der Waals surface area contributed by atoms with E-state index < -0.39 is 0 Å². The molecule has 0 saturated carbocycles. The maximum Gasteiger partial charge on any atom is 0.223 e. The molecule has 30 heavy (non-hydrogen) atoms. The number of nitrogens with one attached hydrogen (secondary N) is 1. The highest BCUT2D eigenvalue weighted by molar-refractivity contribution is 5.78. The molecule has 0 radical (unpaired) electrons. The van der Waals surface area contributed by atoms with Gasteiger partial charge in [0.05, 0.1) is 14.2 Å². The van der Waals surface area contributed by atoms with Crippen molar-refractivity contribution in [3.05, 3.63) is 72.7 Å². The molecule has 4 aromatic rings. The molecule has 0 unspecified atom stereocenters. The fraction of sp³-hybridized carbons (Fsp3) is 0.174. The number of hydrogen-bond acceptors (Lipinski definition) is 6. The summed E-state index contributed by atoms with van der Waals surface area (Å²) in [5.41, 5.74) is 3.68. The summed E-state index contributed by atoms with van der Waals surface area (Å²) in [6, 6.07) is 15.7. The third-order valence-electron chi connectivity index (χ3n) is 4.79. The van der Waals surface area contributed by atoms with Crippen LogP contribution in [-0.4, -0.2) is 33.7 Å². The Morgan fingerprint density at radius 1 is 0.967 bits per heavy atom. The summed E-state index contributed by atoms with van der Waals surface area (Å²) in [5.74, 6) is 2.89. The van der Waals surface area contributed by atoms with Crippen LogP contribution in [0.1, 0.15) is 5.56 Å². The summed E-state index contributed by atoms with van der Waals surface area (Å²) < 4.78 is 12.6. The van der Waals surface area contributed by atoms with E-state index >= 15 is 0 Å². The lowest BCUT2D eigenvalue weighted by Gasteiger charge is -2.12. The van der Waals surface area contributed by atoms with E-state index in [1.807, 2.05) is 72.5 Å². The first kappa shape index (κ1) is 19.4. The largest absolute Gasteiger partial charge is 0.497 e. The van der Waals surface area contributed by atoms with Crippen LogP contribution in [-0.2, 0) is 13.6 Å². The zero-order chi connectivity index (χ0) is 20.9. The summed E-state index contributed by atoms with van der Waals surface area (Å²) in [6.07, 6.45) is 5.48. The molecular weight excluding hydrogens is 378 g/mol. The highest BCUT2D eigenvalue weighted by Crippen LogP contribution is 2.31. The van der Waals surface area contributed by atoms with Gasteiger partial charge in [-0.1, -0.05) is 24.3 Å². The SMILES string of the molecule is COc1cccc(CNc2ncc(-c3cccc(OC)c3)c(-c3nccn3C)n2)c1. The molecule has 0 aliphatic carbocycles. The summed E-state index contributed by atoms with van der Waals surface area (Å²) >= 11 is 0. The number of nitrogens with zero attached hydrogens (tertiary/aromatic N) is 4. The third kappa shape index (κ3) is 4.10. The van der Waals surface area contributed by atoms with Crippen LogP contribution < -0.4 is 14.8 Å². The molecule has 0 amide bonds. The molecule has 2 aromatic heterocycles. The number of rotatable bonds is 7. The van der Waals surface area contributed by atoms with Crippen LogP contribution in [0, 0.1) is 0 Å². The zero-order valence-corrected chi connectivity index (χ0v) is 17.2. The van der Waals surface area contributed by atoms with E-state index in [1.54, 1.807) is 20.4 Å². The second kappa shape index (κ2) is 8.65. The molecule has 0 aliphatic rings. The van der Waals surface area contributed by atoms with Crippen molar-refractivity contribution < 1.29 is 9.47 Å². The number of benzene rings is 2. The van der Waals surface area contributed by atoms with E-state index in [9.17, 15) is 0 Å². The van der Waals surface area contributed by atoms with Crippen LogP contribution in [0.25, 0.3) is 22.6 Å². The number of ether oxygens (including phenoxy) is 2. The van der Waals surface area contributed by atoms with E-state index in [0.717, 1.165) is 39.7 Å². The molecule has 0 fully saturated rings. The molecule has 0 atom stereocenters. The topological polar surface area (TPSA) is 74.1 Å². The minimum absolute atomic E-state index is 0.530. The maximum absolute atomic E-state index is 5.38. The van der Waals surface area contributed by atoms with Crippen molar-refractivity contribution >= 4 is 5.95 Å². The van der Waals surface area contributed by atoms with Gasteiger partial charge >= 0.3 is 0 Å². The molecule has 0 aliphatic heterocycles. The first-order valence-electron chi connectivity index (χ1n) is 9.54. The van der Waals surface area contributed by atoms with Gasteiger partial charge in [0.2, 0.25) is 5.95 Å². The van der Waals surface area contributed by atoms with E-state index in [4.69, 9.17) is 14.5 Å². The van der Waals surface area contributed by atoms with Crippen LogP contribution in [0.2, 0.25) is 0 Å². The minimum Gasteiger partial charge on any atom is -0.497 e. The van der Waals surface area contributed by atoms with Gasteiger partial charge in [-0.05, 0) is 35.4 Å². The average molecular weight is 401 g/mol. The van der Waals surface area contributed by atoms with Crippen LogP contribution in [0.5, 0.6) is 11.5 Å². The van der Waals surface area contributed by atoms with Gasteiger partial charge in [0.1, 0.15) is 17.2 Å². The Morgan fingerprint density at radius 2 is 1.73 bits per heavy atom. The fourth-order valence-electron chi connectivity index (χ4n) is 3.20. The second-order valence-corrected chi connectivity index (χ2v) is 6.75. The summed E-state index contributed by atoms with van der Waals surface area (Å²) in [7, 11) is 5.26. The number of methoxy groups -OCH3 is 2. The Labute approximate surface area is 175 Å². The Morgan fingerprint density at radius 3 is 2.47 bits per heavy atom. The summed E-state index contributed by atoms with van der Waals surface area (Å²) in [6.45, 7) is 0.579. The van der Waals surface area contributed by atoms with E-state index in [2.05, 4.69) is 15.3 Å². The highest BCUT2D eigenvalue weighted by atomic mass is 16.5. The molecule has 7 heteroatoms. The normalized spacial score (nSPS) is 10.6. The Bertz CT molecular complexity index is 1160. The molecule has 0 spiro atoms. The van der Waals surface area contributed by atoms with Crippen molar-refractivity contribution in [3.63, 3.8) is 0 Å². The van der Waals surface area contributed by atoms with Gasteiger partial charge in [-0.15, -0.1) is 0 Å². The number of hydrogen-bond donors (Lipinski definition) is 1. The second-order valence-electron chi connectivity index (χ2n) is 6.75. The number of anilines is 1. The molecule has 0 saturated heterocycles. The van der Waals surface area contributed by atoms with E-state index in [-0.39, 0.29) is 0 Å². The van der Waals surface area contributed by atoms with Crippen molar-refractivity contribution in [1.29, 1.82) is 0 Å². The maximum atomic E-state index is 5.38. The minimum atomic E-state index is 0.530. The predicted octanol–water partition coefficient (Wildman–Crippen LogP) is 4.17. The molecule has 152 valence electrons. The highest BCUT2D eigenvalue weighted by Gasteiger charge is 2.15. The monoisotopic (exact) mass is 401 g/mol. The molecule has 4 rings (SSSR count). The van der Waals surface area contributed by atoms with Crippen molar-refractivity contribution in [1.82, 2.24) is 19.5 Å². The standard InChI is InChI=1S/C23H23N5O2/c1-28-11-10-24-22(28)21-20(17-7-5-9-19(13-17)30-3)15-26-23(27-21)25-14-16-6-4-8-18(12-16)29-2/h4-13,15H,14H2,1-3H3,(H,25,26,27). The Hall–Kier alpha value is -3.87. The van der Waals surface area contributed by atoms with E-state index in [0.29, 0.717) is 12.5 Å². The van der Waals surface area contributed by atoms with Gasteiger partial charge in [0.15, 0.2) is 5.82 Å². The zero-order valence-electron chi connectivity index (χ0n) is 17.2. The van der Waals surface area contributed by atoms with Crippen LogP contribution in [0.4, 0.5) is 5.95 Å². The lowest BCUT2D eigenvalue weighted by Crippen LogP contribution is -2.06. The van der Waals surface area contributed by atoms with Crippen LogP contribution in [0.3, 0.4) is 0 Å². The average Bonchev–Trinajstić information content (AvgIpc) is 3.23. The quantitative estimate of drug-likeness (QED) is 0.501. The number of aryl methyl sites for hydroxylation is 1. The number of aromatic nitrogens is 4. The molecule has 2 heterocycles. The smallest absolute Gasteiger partial charge is 0.223 e. The van der Waals surface area contributed by atoms with Crippen molar-refractivity contribution in [3.8, 4) is 34.1 Å². The van der Waals surface area contributed by atoms with Crippen molar-refractivity contribution in [2.24, 2.45) is 7.05 Å². The van der Waals surface area contributed by atoms with Crippen LogP contribution >= 0.6 is 0 Å². The molecule has 2 aromatic carbocycles. The van der Waals surface area contributed by atoms with Gasteiger partial charge in [0.25, 0.3) is 0 Å². The van der Waals surface area contributed by atoms with Gasteiger partial charge in [-0.3, -0.25) is 0 Å². The van der Waals surface area contributed by atoms with Gasteiger partial charge in [0, 0.05) is 37.7 Å². The molecule has 7 nitrogen and oxygen atoms in total. The molecule has 0 bridgehead atoms. The summed E-state index contributed by atoms with van der Waals surface area (Å²) in [5, 5.41) is 3.30. The summed E-state index contributed by atoms with van der Waals surface area (Å²) in [4.78, 5) is 13.8. The van der Waals surface area contributed by atoms with Gasteiger partial charge in [-0.2, -0.15) is 0 Å². The van der Waals surface area contributed by atoms with E-state index in [1.165, 1.54) is 0 Å². The third-order valence-corrected chi connectivity index (χ3v) is 4.79. The fourth-order valence-corrected chi connectivity index (χ4v) is 3.20. The Balaban J connectivity index is 1.69. The number of imidazole rings is 1. The lowest BCUT2D eigenvalue weighted by atomic mass is 10.0. The first-order chi connectivity index (χ1) is 14.7. The predicted molar refractivity (Wildman–Crippen MR) is 117 cm³/mol. The van der Waals surface area contributed by atoms with Crippen molar-refractivity contribution in [2.45, 2.75) is 6.54 Å². The molecule has 1 N–H and O–H groups in total. The molecular formula is C23H23N5O2. The van der Waals surface area contributed by atoms with Gasteiger partial charge < -0.3 is 19.4 Å². The van der Waals surface area contributed by atoms with Gasteiger partial charge in [-0.25, -0.2) is 15.0 Å². The van der Waals surface area contributed by atoms with Crippen LogP contribution in [0.15, 0.2) is 67.1 Å². The van der Waals surface area contributed by atoms with Crippen molar-refractivity contribution in [2.75, 3.05) is 19.5 Å². The Kier molecular flexibility index (Phi) is 5.61.